The smallest absolute Gasteiger partial charge is 0.280 e. The summed E-state index contributed by atoms with van der Waals surface area (Å²) in [6.45, 7) is -0.947. The van der Waals surface area contributed by atoms with Crippen LogP contribution in [0.1, 0.15) is 6.23 Å². The third-order valence-electron chi connectivity index (χ3n) is 3.53. The molecule has 0 aliphatic carbocycles. The third-order valence-corrected chi connectivity index (χ3v) is 3.53. The van der Waals surface area contributed by atoms with E-state index in [9.17, 15) is 19.4 Å². The van der Waals surface area contributed by atoms with Crippen LogP contribution in [-0.4, -0.2) is 54.3 Å². The summed E-state index contributed by atoms with van der Waals surface area (Å²) in [5.41, 5.74) is 10.9. The third kappa shape index (κ3) is 2.10. The van der Waals surface area contributed by atoms with Gasteiger partial charge in [0.15, 0.2) is 23.6 Å². The van der Waals surface area contributed by atoms with Gasteiger partial charge in [-0.15, -0.1) is 0 Å². The van der Waals surface area contributed by atoms with Crippen molar-refractivity contribution in [2.24, 2.45) is 5.11 Å². The van der Waals surface area contributed by atoms with Crippen molar-refractivity contribution in [1.29, 1.82) is 0 Å². The molecular weight excluding hydrogens is 315 g/mol. The molecule has 0 amide bonds. The average Bonchev–Trinajstić information content (AvgIpc) is 3.03. The second-order valence-electron chi connectivity index (χ2n) is 4.87. The van der Waals surface area contributed by atoms with Gasteiger partial charge in [0.05, 0.1) is 12.9 Å². The summed E-state index contributed by atoms with van der Waals surface area (Å²) in [5, 5.41) is 22.4. The number of nitrogens with zero attached hydrogens (tertiary/aromatic N) is 6. The minimum Gasteiger partial charge on any atom is -0.393 e. The van der Waals surface area contributed by atoms with Crippen molar-refractivity contribution >= 4 is 17.1 Å². The van der Waals surface area contributed by atoms with Crippen LogP contribution in [0, 0.1) is 0 Å². The van der Waals surface area contributed by atoms with Gasteiger partial charge in [0.2, 0.25) is 11.7 Å². The maximum atomic E-state index is 14.4. The number of rotatable bonds is 3. The molecule has 3 rings (SSSR count). The number of anilines is 1. The van der Waals surface area contributed by atoms with Crippen molar-refractivity contribution in [2.45, 2.75) is 24.2 Å². The van der Waals surface area contributed by atoms with E-state index in [-0.39, 0.29) is 17.1 Å². The van der Waals surface area contributed by atoms with Gasteiger partial charge in [-0.05, 0) is 5.53 Å². The van der Waals surface area contributed by atoms with E-state index < -0.39 is 36.4 Å². The number of azide groups is 1. The Morgan fingerprint density at radius 3 is 3.09 bits per heavy atom. The molecule has 12 nitrogen and oxygen atoms in total. The zero-order valence-electron chi connectivity index (χ0n) is 11.4. The first-order valence-corrected chi connectivity index (χ1v) is 6.33. The minimum atomic E-state index is -2.19. The number of hydrogen-bond acceptors (Lipinski definition) is 8. The Kier molecular flexibility index (Phi) is 3.41. The van der Waals surface area contributed by atoms with Gasteiger partial charge >= 0.3 is 0 Å². The molecule has 0 aromatic carbocycles. The molecule has 0 saturated carbocycles. The van der Waals surface area contributed by atoms with Crippen LogP contribution in [0.3, 0.4) is 0 Å². The van der Waals surface area contributed by atoms with Crippen molar-refractivity contribution in [3.05, 3.63) is 27.1 Å². The van der Waals surface area contributed by atoms with E-state index in [0.29, 0.717) is 0 Å². The van der Waals surface area contributed by atoms with Gasteiger partial charge in [0.25, 0.3) is 5.56 Å². The monoisotopic (exact) mass is 326 g/mol. The summed E-state index contributed by atoms with van der Waals surface area (Å²) >= 11 is 0. The molecule has 0 radical (unpaired) electrons. The molecule has 1 aliphatic rings. The standard InChI is InChI=1S/C10H11FN8O4/c11-3-5(21)10(1-20,17-18-13)23-8(3)19-2-14-4-6(19)15-9(12)16-7(4)22/h2-3,5,8,20-21H,1H2,(H3,12,15,16,22)/t3?,5-,8+,10+/m0/s1. The summed E-state index contributed by atoms with van der Waals surface area (Å²) in [5.74, 6) is -0.221. The number of ether oxygens (including phenoxy) is 1. The second-order valence-corrected chi connectivity index (χ2v) is 4.87. The first-order valence-electron chi connectivity index (χ1n) is 6.33. The topological polar surface area (TPSA) is 188 Å². The van der Waals surface area contributed by atoms with E-state index >= 15 is 0 Å². The highest BCUT2D eigenvalue weighted by Gasteiger charge is 2.56. The minimum absolute atomic E-state index is 0.0826. The molecule has 23 heavy (non-hydrogen) atoms. The van der Waals surface area contributed by atoms with Crippen molar-refractivity contribution in [3.63, 3.8) is 0 Å². The molecule has 1 aliphatic heterocycles. The summed E-state index contributed by atoms with van der Waals surface area (Å²) in [6, 6.07) is 0. The Morgan fingerprint density at radius 2 is 2.43 bits per heavy atom. The van der Waals surface area contributed by atoms with Gasteiger partial charge < -0.3 is 20.7 Å². The number of hydrogen-bond donors (Lipinski definition) is 4. The molecule has 0 bridgehead atoms. The lowest BCUT2D eigenvalue weighted by molar-refractivity contribution is -0.122. The Morgan fingerprint density at radius 1 is 1.70 bits per heavy atom. The molecule has 4 atom stereocenters. The summed E-state index contributed by atoms with van der Waals surface area (Å²) < 4.78 is 20.7. The molecule has 1 saturated heterocycles. The van der Waals surface area contributed by atoms with Crippen LogP contribution in [-0.2, 0) is 4.74 Å². The predicted molar refractivity (Wildman–Crippen MR) is 72.5 cm³/mol. The molecular formula is C10H11FN8O4. The van der Waals surface area contributed by atoms with E-state index in [1.165, 1.54) is 0 Å². The predicted octanol–water partition coefficient (Wildman–Crippen LogP) is -1.07. The average molecular weight is 326 g/mol. The van der Waals surface area contributed by atoms with Crippen molar-refractivity contribution in [1.82, 2.24) is 19.5 Å². The van der Waals surface area contributed by atoms with Gasteiger partial charge in [-0.2, -0.15) is 4.98 Å². The fourth-order valence-electron chi connectivity index (χ4n) is 2.41. The lowest BCUT2D eigenvalue weighted by Gasteiger charge is -2.23. The summed E-state index contributed by atoms with van der Waals surface area (Å²) in [6.07, 6.45) is -4.46. The van der Waals surface area contributed by atoms with Crippen LogP contribution in [0.15, 0.2) is 16.2 Å². The molecule has 13 heteroatoms. The zero-order valence-corrected chi connectivity index (χ0v) is 11.4. The van der Waals surface area contributed by atoms with Crippen LogP contribution < -0.4 is 11.3 Å². The highest BCUT2D eigenvalue weighted by molar-refractivity contribution is 5.70. The van der Waals surface area contributed by atoms with E-state index in [1.54, 1.807) is 0 Å². The number of aliphatic hydroxyl groups excluding tert-OH is 2. The second kappa shape index (κ2) is 5.17. The SMILES string of the molecule is [N-]=[N+]=N[C@]1(CO)O[C@@H](n2cnc3c(=O)[nH]c(N)nc32)C(F)[C@@H]1O. The number of nitrogen functional groups attached to an aromatic ring is 1. The normalized spacial score (nSPS) is 30.5. The van der Waals surface area contributed by atoms with Crippen LogP contribution in [0.2, 0.25) is 0 Å². The van der Waals surface area contributed by atoms with Gasteiger partial charge in [-0.1, -0.05) is 5.11 Å². The fraction of sp³-hybridized carbons (Fsp3) is 0.500. The highest BCUT2D eigenvalue weighted by Crippen LogP contribution is 2.40. The number of halogens is 1. The van der Waals surface area contributed by atoms with E-state index in [1.807, 2.05) is 0 Å². The van der Waals surface area contributed by atoms with Gasteiger partial charge in [-0.25, -0.2) is 9.37 Å². The zero-order chi connectivity index (χ0) is 16.8. The van der Waals surface area contributed by atoms with Crippen LogP contribution in [0.5, 0.6) is 0 Å². The maximum absolute atomic E-state index is 14.4. The maximum Gasteiger partial charge on any atom is 0.280 e. The van der Waals surface area contributed by atoms with E-state index in [0.717, 1.165) is 10.9 Å². The van der Waals surface area contributed by atoms with Crippen LogP contribution in [0.4, 0.5) is 10.3 Å². The van der Waals surface area contributed by atoms with Crippen molar-refractivity contribution in [3.8, 4) is 0 Å². The highest BCUT2D eigenvalue weighted by atomic mass is 19.1. The largest absolute Gasteiger partial charge is 0.393 e. The molecule has 1 fully saturated rings. The number of nitrogens with two attached hydrogens (primary N) is 1. The lowest BCUT2D eigenvalue weighted by atomic mass is 10.1. The summed E-state index contributed by atoms with van der Waals surface area (Å²) in [7, 11) is 0. The quantitative estimate of drug-likeness (QED) is 0.313. The Balaban J connectivity index is 2.13. The number of aliphatic hydroxyl groups is 2. The van der Waals surface area contributed by atoms with E-state index in [4.69, 9.17) is 16.0 Å². The molecule has 2 aromatic heterocycles. The van der Waals surface area contributed by atoms with Gasteiger partial charge in [0, 0.05) is 4.91 Å². The van der Waals surface area contributed by atoms with Crippen LogP contribution in [0.25, 0.3) is 21.6 Å². The van der Waals surface area contributed by atoms with Crippen molar-refractivity contribution in [2.75, 3.05) is 12.3 Å². The molecule has 5 N–H and O–H groups in total. The number of fused-ring (bicyclic) bond motifs is 1. The molecule has 122 valence electrons. The number of imidazole rings is 1. The number of aromatic amines is 1. The Bertz CT molecular complexity index is 860. The molecule has 3 heterocycles. The fourth-order valence-corrected chi connectivity index (χ4v) is 2.41. The molecule has 2 aromatic rings. The lowest BCUT2D eigenvalue weighted by Crippen LogP contribution is -2.43. The van der Waals surface area contributed by atoms with Gasteiger partial charge in [0.1, 0.15) is 6.10 Å². The van der Waals surface area contributed by atoms with Crippen LogP contribution >= 0.6 is 0 Å². The number of nitrogens with one attached hydrogen (secondary N) is 1. The Hall–Kier alpha value is -2.73. The van der Waals surface area contributed by atoms with Crippen molar-refractivity contribution < 1.29 is 19.3 Å². The first kappa shape index (κ1) is 15.2. The van der Waals surface area contributed by atoms with E-state index in [2.05, 4.69) is 25.0 Å². The molecule has 1 unspecified atom stereocenters. The number of H-pyrrole nitrogens is 1. The van der Waals surface area contributed by atoms with Gasteiger partial charge in [-0.3, -0.25) is 14.3 Å². The summed E-state index contributed by atoms with van der Waals surface area (Å²) in [4.78, 5) is 24.0. The Labute approximate surface area is 126 Å². The number of aromatic nitrogens is 4. The first-order chi connectivity index (χ1) is 10.9. The molecule has 0 spiro atoms. The number of alkyl halides is 1.